The predicted octanol–water partition coefficient (Wildman–Crippen LogP) is 2.77. The highest BCUT2D eigenvalue weighted by molar-refractivity contribution is 6.67. The van der Waals surface area contributed by atoms with Gasteiger partial charge in [-0.25, -0.2) is 4.98 Å². The fourth-order valence-electron chi connectivity index (χ4n) is 1.28. The van der Waals surface area contributed by atoms with Gasteiger partial charge in [0.25, 0.3) is 5.89 Å². The lowest BCUT2D eigenvalue weighted by Crippen LogP contribution is -1.86. The molecule has 0 atom stereocenters. The van der Waals surface area contributed by atoms with E-state index < -0.39 is 5.24 Å². The van der Waals surface area contributed by atoms with E-state index >= 15 is 0 Å². The van der Waals surface area contributed by atoms with Gasteiger partial charge in [-0.3, -0.25) is 4.79 Å². The molecule has 0 aliphatic carbocycles. The molecular formula is C10H8ClNO2. The number of rotatable bonds is 2. The van der Waals surface area contributed by atoms with Crippen molar-refractivity contribution in [1.29, 1.82) is 0 Å². The maximum absolute atomic E-state index is 10.8. The van der Waals surface area contributed by atoms with Crippen molar-refractivity contribution in [3.8, 4) is 0 Å². The second kappa shape index (κ2) is 3.42. The van der Waals surface area contributed by atoms with E-state index in [4.69, 9.17) is 16.0 Å². The predicted molar refractivity (Wildman–Crippen MR) is 53.6 cm³/mol. The van der Waals surface area contributed by atoms with Gasteiger partial charge in [0.15, 0.2) is 5.58 Å². The molecule has 3 nitrogen and oxygen atoms in total. The van der Waals surface area contributed by atoms with E-state index in [-0.39, 0.29) is 5.89 Å². The van der Waals surface area contributed by atoms with E-state index in [1.54, 1.807) is 6.07 Å². The summed E-state index contributed by atoms with van der Waals surface area (Å²) in [5.41, 5.74) is 2.42. The normalized spacial score (nSPS) is 10.7. The molecule has 0 fully saturated rings. The summed E-state index contributed by atoms with van der Waals surface area (Å²) in [7, 11) is 0. The van der Waals surface area contributed by atoms with Crippen molar-refractivity contribution in [2.45, 2.75) is 13.3 Å². The van der Waals surface area contributed by atoms with Crippen LogP contribution in [0.15, 0.2) is 22.6 Å². The Morgan fingerprint density at radius 1 is 1.57 bits per heavy atom. The first-order valence-corrected chi connectivity index (χ1v) is 4.68. The number of aromatic nitrogens is 1. The summed E-state index contributed by atoms with van der Waals surface area (Å²) in [6, 6.07) is 5.63. The van der Waals surface area contributed by atoms with Gasteiger partial charge >= 0.3 is 5.24 Å². The maximum Gasteiger partial charge on any atom is 0.307 e. The van der Waals surface area contributed by atoms with E-state index in [9.17, 15) is 4.79 Å². The van der Waals surface area contributed by atoms with Crippen molar-refractivity contribution in [1.82, 2.24) is 4.98 Å². The average Bonchev–Trinajstić information content (AvgIpc) is 2.59. The van der Waals surface area contributed by atoms with Gasteiger partial charge in [-0.15, -0.1) is 0 Å². The molecule has 1 heterocycles. The zero-order chi connectivity index (χ0) is 10.1. The number of halogens is 1. The molecule has 1 aromatic heterocycles. The highest BCUT2D eigenvalue weighted by Gasteiger charge is 2.11. The molecule has 0 N–H and O–H groups in total. The molecule has 4 heteroatoms. The van der Waals surface area contributed by atoms with Gasteiger partial charge in [0, 0.05) is 0 Å². The Labute approximate surface area is 85.7 Å². The number of aryl methyl sites for hydroxylation is 1. The van der Waals surface area contributed by atoms with Gasteiger partial charge < -0.3 is 4.42 Å². The summed E-state index contributed by atoms with van der Waals surface area (Å²) >= 11 is 5.25. The van der Waals surface area contributed by atoms with Gasteiger partial charge in [0.05, 0.1) is 0 Å². The first kappa shape index (κ1) is 9.21. The third-order valence-corrected chi connectivity index (χ3v) is 2.19. The van der Waals surface area contributed by atoms with Crippen LogP contribution < -0.4 is 0 Å². The smallest absolute Gasteiger partial charge is 0.307 e. The molecular weight excluding hydrogens is 202 g/mol. The SMILES string of the molecule is CCc1ccc2oc(C(=O)Cl)nc2c1. The number of oxazole rings is 1. The van der Waals surface area contributed by atoms with Crippen LogP contribution in [0.1, 0.15) is 23.2 Å². The largest absolute Gasteiger partial charge is 0.433 e. The minimum atomic E-state index is -0.667. The van der Waals surface area contributed by atoms with Crippen LogP contribution in [0.4, 0.5) is 0 Å². The van der Waals surface area contributed by atoms with Gasteiger partial charge in [-0.05, 0) is 35.7 Å². The molecule has 0 aliphatic heterocycles. The number of fused-ring (bicyclic) bond motifs is 1. The highest BCUT2D eigenvalue weighted by Crippen LogP contribution is 2.18. The van der Waals surface area contributed by atoms with Crippen LogP contribution in [0.5, 0.6) is 0 Å². The Hall–Kier alpha value is -1.35. The number of nitrogens with zero attached hydrogens (tertiary/aromatic N) is 1. The number of carbonyl (C=O) groups excluding carboxylic acids is 1. The molecule has 2 aromatic rings. The second-order valence-electron chi connectivity index (χ2n) is 2.95. The standard InChI is InChI=1S/C10H8ClNO2/c1-2-6-3-4-8-7(5-6)12-10(14-8)9(11)13/h3-5H,2H2,1H3. The summed E-state index contributed by atoms with van der Waals surface area (Å²) in [4.78, 5) is 14.8. The minimum Gasteiger partial charge on any atom is -0.433 e. The molecule has 0 spiro atoms. The lowest BCUT2D eigenvalue weighted by molar-refractivity contribution is 0.105. The summed E-state index contributed by atoms with van der Waals surface area (Å²) < 4.78 is 5.14. The van der Waals surface area contributed by atoms with Crippen molar-refractivity contribution >= 4 is 27.9 Å². The van der Waals surface area contributed by atoms with Crippen LogP contribution in [0.3, 0.4) is 0 Å². The summed E-state index contributed by atoms with van der Waals surface area (Å²) in [5.74, 6) is -0.0464. The van der Waals surface area contributed by atoms with Crippen LogP contribution in [0.2, 0.25) is 0 Å². The first-order valence-electron chi connectivity index (χ1n) is 4.30. The monoisotopic (exact) mass is 209 g/mol. The maximum atomic E-state index is 10.8. The summed E-state index contributed by atoms with van der Waals surface area (Å²) in [6.07, 6.45) is 0.924. The van der Waals surface area contributed by atoms with E-state index in [0.29, 0.717) is 11.1 Å². The summed E-state index contributed by atoms with van der Waals surface area (Å²) in [5, 5.41) is -0.667. The molecule has 0 bridgehead atoms. The van der Waals surface area contributed by atoms with Crippen molar-refractivity contribution in [2.75, 3.05) is 0 Å². The van der Waals surface area contributed by atoms with E-state index in [0.717, 1.165) is 12.0 Å². The molecule has 0 radical (unpaired) electrons. The first-order chi connectivity index (χ1) is 6.70. The molecule has 0 unspecified atom stereocenters. The van der Waals surface area contributed by atoms with Gasteiger partial charge in [-0.1, -0.05) is 13.0 Å². The minimum absolute atomic E-state index is 0.0464. The fourth-order valence-corrected chi connectivity index (χ4v) is 1.36. The molecule has 1 aromatic carbocycles. The van der Waals surface area contributed by atoms with Crippen LogP contribution in [-0.2, 0) is 6.42 Å². The average molecular weight is 210 g/mol. The number of benzene rings is 1. The molecule has 0 aliphatic rings. The molecule has 72 valence electrons. The van der Waals surface area contributed by atoms with Crippen LogP contribution in [-0.4, -0.2) is 10.2 Å². The van der Waals surface area contributed by atoms with Crippen molar-refractivity contribution in [3.63, 3.8) is 0 Å². The fraction of sp³-hybridized carbons (Fsp3) is 0.200. The van der Waals surface area contributed by atoms with Gasteiger partial charge in [0.2, 0.25) is 0 Å². The molecule has 2 rings (SSSR count). The van der Waals surface area contributed by atoms with Crippen LogP contribution in [0, 0.1) is 0 Å². The topological polar surface area (TPSA) is 43.1 Å². The number of carbonyl (C=O) groups is 1. The second-order valence-corrected chi connectivity index (χ2v) is 3.29. The Balaban J connectivity index is 2.60. The Bertz CT molecular complexity index is 490. The number of hydrogen-bond acceptors (Lipinski definition) is 3. The summed E-state index contributed by atoms with van der Waals surface area (Å²) in [6.45, 7) is 2.05. The zero-order valence-electron chi connectivity index (χ0n) is 7.58. The van der Waals surface area contributed by atoms with Crippen LogP contribution >= 0.6 is 11.6 Å². The quantitative estimate of drug-likeness (QED) is 0.715. The lowest BCUT2D eigenvalue weighted by atomic mass is 10.1. The van der Waals surface area contributed by atoms with Crippen molar-refractivity contribution in [3.05, 3.63) is 29.7 Å². The van der Waals surface area contributed by atoms with E-state index in [1.165, 1.54) is 0 Å². The highest BCUT2D eigenvalue weighted by atomic mass is 35.5. The molecule has 14 heavy (non-hydrogen) atoms. The molecule has 0 saturated heterocycles. The zero-order valence-corrected chi connectivity index (χ0v) is 8.34. The van der Waals surface area contributed by atoms with E-state index in [1.807, 2.05) is 12.1 Å². The van der Waals surface area contributed by atoms with E-state index in [2.05, 4.69) is 11.9 Å². The molecule has 0 saturated carbocycles. The third-order valence-electron chi connectivity index (χ3n) is 2.03. The number of hydrogen-bond donors (Lipinski definition) is 0. The molecule has 0 amide bonds. The Morgan fingerprint density at radius 2 is 2.36 bits per heavy atom. The lowest BCUT2D eigenvalue weighted by Gasteiger charge is -1.92. The Morgan fingerprint density at radius 3 is 3.00 bits per heavy atom. The van der Waals surface area contributed by atoms with Crippen LogP contribution in [0.25, 0.3) is 11.1 Å². The van der Waals surface area contributed by atoms with Gasteiger partial charge in [0.1, 0.15) is 5.52 Å². The van der Waals surface area contributed by atoms with Crippen molar-refractivity contribution < 1.29 is 9.21 Å². The van der Waals surface area contributed by atoms with Crippen molar-refractivity contribution in [2.24, 2.45) is 0 Å². The third kappa shape index (κ3) is 1.51. The van der Waals surface area contributed by atoms with Gasteiger partial charge in [-0.2, -0.15) is 0 Å². The Kier molecular flexibility index (Phi) is 2.25.